The van der Waals surface area contributed by atoms with Crippen molar-refractivity contribution in [2.75, 3.05) is 43.0 Å². The summed E-state index contributed by atoms with van der Waals surface area (Å²) >= 11 is 0. The Kier molecular flexibility index (Phi) is 7.02. The van der Waals surface area contributed by atoms with Crippen LogP contribution in [0.2, 0.25) is 0 Å². The molecule has 1 unspecified atom stereocenters. The molecular weight excluding hydrogens is 375 g/mol. The van der Waals surface area contributed by atoms with Gasteiger partial charge in [0.15, 0.2) is 0 Å². The quantitative estimate of drug-likeness (QED) is 0.777. The molecule has 1 aromatic rings. The molecule has 8 nitrogen and oxygen atoms in total. The highest BCUT2D eigenvalue weighted by molar-refractivity contribution is 5.76. The van der Waals surface area contributed by atoms with Crippen molar-refractivity contribution < 1.29 is 18.0 Å². The first-order chi connectivity index (χ1) is 13.0. The molecule has 1 amide bonds. The minimum atomic E-state index is -2.67. The van der Waals surface area contributed by atoms with E-state index in [-0.39, 0.29) is 31.3 Å². The van der Waals surface area contributed by atoms with Crippen LogP contribution in [0.5, 0.6) is 0 Å². The van der Waals surface area contributed by atoms with Gasteiger partial charge in [-0.15, -0.1) is 0 Å². The smallest absolute Gasteiger partial charge is 0.265 e. The van der Waals surface area contributed by atoms with Gasteiger partial charge in [0.2, 0.25) is 17.8 Å². The molecule has 2 aliphatic rings. The SMILES string of the molecule is CN(CC(C)(C)F)c1ncnc(N2CCC(N)C2)n1.O=C1CCC(F)(F)CN1. The summed E-state index contributed by atoms with van der Waals surface area (Å²) in [6.45, 7) is 4.41. The molecule has 28 heavy (non-hydrogen) atoms. The van der Waals surface area contributed by atoms with E-state index in [1.807, 2.05) is 4.90 Å². The molecule has 0 aromatic carbocycles. The maximum absolute atomic E-state index is 13.6. The van der Waals surface area contributed by atoms with Crippen molar-refractivity contribution in [3.63, 3.8) is 0 Å². The zero-order valence-electron chi connectivity index (χ0n) is 16.5. The Morgan fingerprint density at radius 1 is 1.43 bits per heavy atom. The van der Waals surface area contributed by atoms with Crippen molar-refractivity contribution in [3.05, 3.63) is 6.33 Å². The first-order valence-electron chi connectivity index (χ1n) is 9.19. The number of carbonyl (C=O) groups excluding carboxylic acids is 1. The average molecular weight is 403 g/mol. The maximum atomic E-state index is 13.6. The van der Waals surface area contributed by atoms with Gasteiger partial charge >= 0.3 is 0 Å². The highest BCUT2D eigenvalue weighted by Gasteiger charge is 2.33. The lowest BCUT2D eigenvalue weighted by Gasteiger charge is -2.24. The molecule has 11 heteroatoms. The summed E-state index contributed by atoms with van der Waals surface area (Å²) in [5.74, 6) is -1.85. The summed E-state index contributed by atoms with van der Waals surface area (Å²) in [6, 6.07) is 0.169. The maximum Gasteiger partial charge on any atom is 0.265 e. The molecule has 0 spiro atoms. The van der Waals surface area contributed by atoms with Gasteiger partial charge in [-0.3, -0.25) is 4.79 Å². The predicted molar refractivity (Wildman–Crippen MR) is 100 cm³/mol. The Morgan fingerprint density at radius 2 is 2.14 bits per heavy atom. The van der Waals surface area contributed by atoms with Crippen LogP contribution in [0.25, 0.3) is 0 Å². The highest BCUT2D eigenvalue weighted by atomic mass is 19.3. The lowest BCUT2D eigenvalue weighted by molar-refractivity contribution is -0.129. The molecular formula is C17H28F3N7O. The Labute approximate surface area is 162 Å². The van der Waals surface area contributed by atoms with E-state index in [0.29, 0.717) is 11.9 Å². The molecule has 158 valence electrons. The third kappa shape index (κ3) is 7.10. The number of alkyl halides is 3. The van der Waals surface area contributed by atoms with Crippen molar-refractivity contribution in [2.45, 2.75) is 50.7 Å². The first-order valence-corrected chi connectivity index (χ1v) is 9.19. The number of halogens is 3. The third-order valence-electron chi connectivity index (χ3n) is 4.27. The minimum Gasteiger partial charge on any atom is -0.350 e. The monoisotopic (exact) mass is 403 g/mol. The minimum absolute atomic E-state index is 0.0486. The number of nitrogens with two attached hydrogens (primary N) is 1. The number of piperidine rings is 1. The number of anilines is 2. The second kappa shape index (κ2) is 8.89. The molecule has 0 aliphatic carbocycles. The van der Waals surface area contributed by atoms with Crippen molar-refractivity contribution in [1.82, 2.24) is 20.3 Å². The standard InChI is InChI=1S/C12H21FN6.C5H7F2NO/c1-12(2,13)7-18(3)10-15-8-16-11(17-10)19-5-4-9(14)6-19;6-5(7)2-1-4(9)8-3-5/h8-9H,4-7,14H2,1-3H3;1-3H2,(H,8,9). The fourth-order valence-corrected chi connectivity index (χ4v) is 2.92. The van der Waals surface area contributed by atoms with Gasteiger partial charge in [0, 0.05) is 39.0 Å². The van der Waals surface area contributed by atoms with Crippen LogP contribution in [-0.4, -0.2) is 71.7 Å². The summed E-state index contributed by atoms with van der Waals surface area (Å²) < 4.78 is 38.0. The molecule has 0 radical (unpaired) electrons. The first kappa shape index (κ1) is 22.1. The van der Waals surface area contributed by atoms with E-state index < -0.39 is 18.1 Å². The van der Waals surface area contributed by atoms with E-state index in [9.17, 15) is 18.0 Å². The number of carbonyl (C=O) groups is 1. The molecule has 1 atom stereocenters. The molecule has 2 aliphatic heterocycles. The lowest BCUT2D eigenvalue weighted by atomic mass is 10.1. The fraction of sp³-hybridized carbons (Fsp3) is 0.765. The van der Waals surface area contributed by atoms with Gasteiger partial charge in [0.1, 0.15) is 12.0 Å². The fourth-order valence-electron chi connectivity index (χ4n) is 2.92. The van der Waals surface area contributed by atoms with E-state index in [0.717, 1.165) is 19.5 Å². The topological polar surface area (TPSA) is 100 Å². The molecule has 0 saturated carbocycles. The van der Waals surface area contributed by atoms with Crippen LogP contribution in [-0.2, 0) is 4.79 Å². The van der Waals surface area contributed by atoms with Gasteiger partial charge in [-0.2, -0.15) is 4.98 Å². The van der Waals surface area contributed by atoms with Crippen LogP contribution >= 0.6 is 0 Å². The van der Waals surface area contributed by atoms with Crippen molar-refractivity contribution in [1.29, 1.82) is 0 Å². The Morgan fingerprint density at radius 3 is 2.64 bits per heavy atom. The molecule has 0 bridgehead atoms. The van der Waals surface area contributed by atoms with Crippen LogP contribution in [0.4, 0.5) is 25.1 Å². The van der Waals surface area contributed by atoms with Crippen molar-refractivity contribution in [3.8, 4) is 0 Å². The molecule has 3 heterocycles. The predicted octanol–water partition coefficient (Wildman–Crippen LogP) is 1.13. The molecule has 2 saturated heterocycles. The van der Waals surface area contributed by atoms with Crippen LogP contribution in [0.15, 0.2) is 6.33 Å². The van der Waals surface area contributed by atoms with Gasteiger partial charge in [-0.25, -0.2) is 23.1 Å². The van der Waals surface area contributed by atoms with Gasteiger partial charge in [0.25, 0.3) is 5.92 Å². The molecule has 2 fully saturated rings. The summed E-state index contributed by atoms with van der Waals surface area (Å²) in [6.07, 6.45) is 2.05. The summed E-state index contributed by atoms with van der Waals surface area (Å²) in [7, 11) is 1.77. The summed E-state index contributed by atoms with van der Waals surface area (Å²) in [5.41, 5.74) is 4.58. The number of amides is 1. The van der Waals surface area contributed by atoms with E-state index in [1.54, 1.807) is 11.9 Å². The van der Waals surface area contributed by atoms with Gasteiger partial charge in [0.05, 0.1) is 13.1 Å². The van der Waals surface area contributed by atoms with E-state index >= 15 is 0 Å². The Balaban J connectivity index is 0.000000261. The van der Waals surface area contributed by atoms with Crippen LogP contribution in [0.3, 0.4) is 0 Å². The zero-order valence-corrected chi connectivity index (χ0v) is 16.5. The van der Waals surface area contributed by atoms with Crippen molar-refractivity contribution >= 4 is 17.8 Å². The second-order valence-corrected chi connectivity index (χ2v) is 7.79. The molecule has 1 aromatic heterocycles. The summed E-state index contributed by atoms with van der Waals surface area (Å²) in [5, 5.41) is 2.08. The number of rotatable bonds is 4. The zero-order chi connectivity index (χ0) is 20.9. The second-order valence-electron chi connectivity index (χ2n) is 7.79. The average Bonchev–Trinajstić information content (AvgIpc) is 3.03. The number of hydrogen-bond acceptors (Lipinski definition) is 7. The molecule has 3 N–H and O–H groups in total. The number of hydrogen-bond donors (Lipinski definition) is 2. The van der Waals surface area contributed by atoms with Crippen LogP contribution < -0.4 is 20.9 Å². The van der Waals surface area contributed by atoms with Gasteiger partial charge in [-0.05, 0) is 20.3 Å². The Bertz CT molecular complexity index is 656. The van der Waals surface area contributed by atoms with Crippen LogP contribution in [0.1, 0.15) is 33.1 Å². The lowest BCUT2D eigenvalue weighted by Crippen LogP contribution is -2.42. The summed E-state index contributed by atoms with van der Waals surface area (Å²) in [4.78, 5) is 26.7. The molecule has 3 rings (SSSR count). The van der Waals surface area contributed by atoms with E-state index in [2.05, 4.69) is 20.3 Å². The highest BCUT2D eigenvalue weighted by Crippen LogP contribution is 2.22. The Hall–Kier alpha value is -2.17. The van der Waals surface area contributed by atoms with E-state index in [1.165, 1.54) is 20.2 Å². The number of nitrogens with zero attached hydrogens (tertiary/aromatic N) is 5. The van der Waals surface area contributed by atoms with E-state index in [4.69, 9.17) is 5.73 Å². The van der Waals surface area contributed by atoms with Crippen molar-refractivity contribution in [2.24, 2.45) is 5.73 Å². The third-order valence-corrected chi connectivity index (χ3v) is 4.27. The van der Waals surface area contributed by atoms with Gasteiger partial charge < -0.3 is 20.9 Å². The number of nitrogens with one attached hydrogen (secondary N) is 1. The van der Waals surface area contributed by atoms with Crippen LogP contribution in [0, 0.1) is 0 Å². The normalized spacial score (nSPS) is 21.6. The number of aromatic nitrogens is 3. The van der Waals surface area contributed by atoms with Gasteiger partial charge in [-0.1, -0.05) is 0 Å². The largest absolute Gasteiger partial charge is 0.350 e.